The molecule has 3 nitrogen and oxygen atoms in total. The number of hydrogen-bond donors (Lipinski definition) is 2. The van der Waals surface area contributed by atoms with Crippen LogP contribution < -0.4 is 5.30 Å². The molecule has 0 radical (unpaired) electrons. The van der Waals surface area contributed by atoms with Gasteiger partial charge in [0.05, 0.1) is 0 Å². The summed E-state index contributed by atoms with van der Waals surface area (Å²) in [6, 6.07) is 4.23. The van der Waals surface area contributed by atoms with E-state index in [2.05, 4.69) is 12.2 Å². The lowest BCUT2D eigenvalue weighted by Crippen LogP contribution is -2.11. The van der Waals surface area contributed by atoms with Crippen LogP contribution in [0.3, 0.4) is 0 Å². The number of allylic oxidation sites excluding steroid dienone is 2. The predicted octanol–water partition coefficient (Wildman–Crippen LogP) is 3.44. The Balaban J connectivity index is 2.19. The highest BCUT2D eigenvalue weighted by Crippen LogP contribution is 2.38. The Hall–Kier alpha value is -1.34. The van der Waals surface area contributed by atoms with Crippen molar-refractivity contribution in [2.45, 2.75) is 37.8 Å². The zero-order valence-electron chi connectivity index (χ0n) is 10.2. The second kappa shape index (κ2) is 6.01. The molecule has 2 atom stereocenters. The number of phenols is 2. The van der Waals surface area contributed by atoms with Crippen LogP contribution in [0, 0.1) is 0 Å². The summed E-state index contributed by atoms with van der Waals surface area (Å²) in [4.78, 5) is 0. The Bertz CT molecular complexity index is 468. The number of aromatic hydroxyl groups is 2. The maximum absolute atomic E-state index is 12.5. The standard InChI is InChI=1S/C14H17O3P/c15-11-8-9-13(16)14(10-11)18(17)12-6-4-2-1-3-5-7-12/h1-2,8-10,12H,3-7H2,(H-,15,16,17)/p+1. The van der Waals surface area contributed by atoms with Crippen molar-refractivity contribution in [1.29, 1.82) is 0 Å². The molecule has 4 heteroatoms. The summed E-state index contributed by atoms with van der Waals surface area (Å²) in [6.07, 6.45) is 9.10. The number of benzene rings is 1. The van der Waals surface area contributed by atoms with Crippen LogP contribution in [-0.2, 0) is 4.57 Å². The summed E-state index contributed by atoms with van der Waals surface area (Å²) in [7, 11) is -1.65. The molecule has 0 heterocycles. The highest BCUT2D eigenvalue weighted by molar-refractivity contribution is 7.54. The topological polar surface area (TPSA) is 57.5 Å². The average molecular weight is 265 g/mol. The normalized spacial score (nSPS) is 21.1. The quantitative estimate of drug-likeness (QED) is 0.489. The van der Waals surface area contributed by atoms with Gasteiger partial charge in [0.2, 0.25) is 5.30 Å². The zero-order valence-corrected chi connectivity index (χ0v) is 11.1. The predicted molar refractivity (Wildman–Crippen MR) is 73.0 cm³/mol. The highest BCUT2D eigenvalue weighted by Gasteiger charge is 2.34. The van der Waals surface area contributed by atoms with Crippen LogP contribution in [0.4, 0.5) is 0 Å². The van der Waals surface area contributed by atoms with Crippen LogP contribution in [-0.4, -0.2) is 15.9 Å². The van der Waals surface area contributed by atoms with Crippen LogP contribution >= 0.6 is 7.80 Å². The minimum absolute atomic E-state index is 0.0199. The highest BCUT2D eigenvalue weighted by atomic mass is 31.1. The molecule has 2 unspecified atom stereocenters. The fraction of sp³-hybridized carbons (Fsp3) is 0.429. The first-order valence-electron chi connectivity index (χ1n) is 6.32. The van der Waals surface area contributed by atoms with Gasteiger partial charge in [0.25, 0.3) is 0 Å². The minimum atomic E-state index is -1.65. The molecule has 0 fully saturated rings. The van der Waals surface area contributed by atoms with Gasteiger partial charge in [0.15, 0.2) is 11.4 Å². The van der Waals surface area contributed by atoms with Gasteiger partial charge in [0, 0.05) is 6.07 Å². The Labute approximate surface area is 108 Å². The van der Waals surface area contributed by atoms with Crippen molar-refractivity contribution in [3.63, 3.8) is 0 Å². The molecule has 1 aromatic carbocycles. The van der Waals surface area contributed by atoms with Crippen molar-refractivity contribution in [3.05, 3.63) is 30.4 Å². The van der Waals surface area contributed by atoms with E-state index in [1.54, 1.807) is 0 Å². The van der Waals surface area contributed by atoms with E-state index < -0.39 is 7.80 Å². The molecule has 0 saturated heterocycles. The van der Waals surface area contributed by atoms with Crippen LogP contribution in [0.2, 0.25) is 0 Å². The maximum atomic E-state index is 12.5. The number of phenolic OH excluding ortho intramolecular Hbond substituents is 2. The maximum Gasteiger partial charge on any atom is 0.384 e. The van der Waals surface area contributed by atoms with Gasteiger partial charge in [-0.1, -0.05) is 16.7 Å². The molecule has 18 heavy (non-hydrogen) atoms. The van der Waals surface area contributed by atoms with Crippen molar-refractivity contribution >= 4 is 13.1 Å². The Morgan fingerprint density at radius 3 is 2.72 bits per heavy atom. The van der Waals surface area contributed by atoms with Gasteiger partial charge in [-0.15, -0.1) is 0 Å². The van der Waals surface area contributed by atoms with Crippen molar-refractivity contribution in [3.8, 4) is 11.5 Å². The fourth-order valence-electron chi connectivity index (χ4n) is 2.26. The van der Waals surface area contributed by atoms with Crippen LogP contribution in [0.5, 0.6) is 11.5 Å². The first-order valence-corrected chi connectivity index (χ1v) is 7.64. The molecular weight excluding hydrogens is 247 g/mol. The van der Waals surface area contributed by atoms with Gasteiger partial charge in [0.1, 0.15) is 5.75 Å². The second-order valence-corrected chi connectivity index (χ2v) is 6.50. The molecule has 1 aliphatic rings. The summed E-state index contributed by atoms with van der Waals surface area (Å²) >= 11 is 0. The van der Waals surface area contributed by atoms with Gasteiger partial charge < -0.3 is 10.2 Å². The fourth-order valence-corrected chi connectivity index (χ4v) is 4.01. The van der Waals surface area contributed by atoms with Crippen molar-refractivity contribution in [2.24, 2.45) is 0 Å². The molecule has 0 aromatic heterocycles. The largest absolute Gasteiger partial charge is 0.508 e. The van der Waals surface area contributed by atoms with E-state index in [9.17, 15) is 14.8 Å². The second-order valence-electron chi connectivity index (χ2n) is 4.63. The molecule has 1 aliphatic carbocycles. The third-order valence-corrected chi connectivity index (χ3v) is 5.28. The minimum Gasteiger partial charge on any atom is -0.508 e. The number of rotatable bonds is 2. The first-order chi connectivity index (χ1) is 8.68. The molecule has 2 rings (SSSR count). The van der Waals surface area contributed by atoms with E-state index in [-0.39, 0.29) is 17.2 Å². The monoisotopic (exact) mass is 265 g/mol. The molecule has 2 N–H and O–H groups in total. The van der Waals surface area contributed by atoms with Gasteiger partial charge in [-0.3, -0.25) is 0 Å². The summed E-state index contributed by atoms with van der Waals surface area (Å²) < 4.78 is 12.5. The van der Waals surface area contributed by atoms with E-state index >= 15 is 0 Å². The van der Waals surface area contributed by atoms with E-state index in [4.69, 9.17) is 0 Å². The Kier molecular flexibility index (Phi) is 4.38. The molecular formula is C14H18O3P+. The molecule has 0 amide bonds. The molecule has 0 saturated carbocycles. The van der Waals surface area contributed by atoms with Gasteiger partial charge in [-0.05, 0) is 44.2 Å². The van der Waals surface area contributed by atoms with Gasteiger partial charge in [-0.2, -0.15) is 0 Å². The third-order valence-electron chi connectivity index (χ3n) is 3.27. The lowest BCUT2D eigenvalue weighted by atomic mass is 10.1. The smallest absolute Gasteiger partial charge is 0.384 e. The van der Waals surface area contributed by atoms with Crippen LogP contribution in [0.25, 0.3) is 0 Å². The average Bonchev–Trinajstić information content (AvgIpc) is 2.31. The Morgan fingerprint density at radius 1 is 1.11 bits per heavy atom. The summed E-state index contributed by atoms with van der Waals surface area (Å²) in [5.74, 6) is 0.0726. The number of hydrogen-bond acceptors (Lipinski definition) is 3. The van der Waals surface area contributed by atoms with E-state index in [0.29, 0.717) is 5.30 Å². The molecule has 0 bridgehead atoms. The first kappa shape index (κ1) is 13.1. The van der Waals surface area contributed by atoms with E-state index in [1.165, 1.54) is 18.2 Å². The van der Waals surface area contributed by atoms with Crippen LogP contribution in [0.1, 0.15) is 32.1 Å². The molecule has 0 spiro atoms. The SMILES string of the molecule is O=[P+](c1cc(O)ccc1O)C1CCC=CCCC1. The summed E-state index contributed by atoms with van der Waals surface area (Å²) in [5.41, 5.74) is 0.0950. The van der Waals surface area contributed by atoms with Gasteiger partial charge >= 0.3 is 7.80 Å². The summed E-state index contributed by atoms with van der Waals surface area (Å²) in [6.45, 7) is 0. The third kappa shape index (κ3) is 3.11. The zero-order chi connectivity index (χ0) is 13.0. The van der Waals surface area contributed by atoms with E-state index in [0.717, 1.165) is 32.1 Å². The Morgan fingerprint density at radius 2 is 1.89 bits per heavy atom. The van der Waals surface area contributed by atoms with Crippen molar-refractivity contribution in [1.82, 2.24) is 0 Å². The summed E-state index contributed by atoms with van der Waals surface area (Å²) in [5, 5.41) is 19.6. The van der Waals surface area contributed by atoms with Gasteiger partial charge in [-0.25, -0.2) is 0 Å². The molecule has 0 aliphatic heterocycles. The van der Waals surface area contributed by atoms with Crippen LogP contribution in [0.15, 0.2) is 30.4 Å². The lowest BCUT2D eigenvalue weighted by Gasteiger charge is -2.08. The van der Waals surface area contributed by atoms with Crippen molar-refractivity contribution < 1.29 is 14.8 Å². The molecule has 96 valence electrons. The lowest BCUT2D eigenvalue weighted by molar-refractivity contribution is 0.463. The van der Waals surface area contributed by atoms with E-state index in [1.807, 2.05) is 0 Å². The van der Waals surface area contributed by atoms with Crippen molar-refractivity contribution in [2.75, 3.05) is 0 Å². The molecule has 1 aromatic rings.